The van der Waals surface area contributed by atoms with Crippen LogP contribution in [0.5, 0.6) is 0 Å². The van der Waals surface area contributed by atoms with E-state index in [1.54, 1.807) is 20.8 Å². The first-order valence-corrected chi connectivity index (χ1v) is 10.4. The van der Waals surface area contributed by atoms with E-state index >= 15 is 0 Å². The number of Topliss-reactive ketones (excluding diaryl/α,β-unsaturated/α-hetero) is 1. The van der Waals surface area contributed by atoms with Gasteiger partial charge in [-0.25, -0.2) is 0 Å². The molecule has 1 aliphatic rings. The smallest absolute Gasteiger partial charge is 0.249 e. The Morgan fingerprint density at radius 2 is 1.75 bits per heavy atom. The molecule has 1 fully saturated rings. The molecule has 9 heteroatoms. The van der Waals surface area contributed by atoms with E-state index in [0.29, 0.717) is 18.9 Å². The molecule has 0 radical (unpaired) electrons. The summed E-state index contributed by atoms with van der Waals surface area (Å²) >= 11 is 1.03. The highest BCUT2D eigenvalue weighted by Crippen LogP contribution is 2.34. The number of hydrogen-bond acceptors (Lipinski definition) is 7. The number of carbonyl (C=O) groups excluding carboxylic acids is 4. The van der Waals surface area contributed by atoms with Crippen molar-refractivity contribution in [3.8, 4) is 0 Å². The van der Waals surface area contributed by atoms with Crippen LogP contribution in [-0.2, 0) is 28.7 Å². The molecule has 0 aromatic rings. The number of carbonyl (C=O) groups is 4. The van der Waals surface area contributed by atoms with Gasteiger partial charge >= 0.3 is 0 Å². The molecule has 0 aromatic carbocycles. The third-order valence-electron chi connectivity index (χ3n) is 4.42. The molecule has 0 saturated carbocycles. The minimum atomic E-state index is -0.829. The zero-order chi connectivity index (χ0) is 21.5. The summed E-state index contributed by atoms with van der Waals surface area (Å²) in [6.07, 6.45) is -0.536. The molecule has 0 spiro atoms. The van der Waals surface area contributed by atoms with Gasteiger partial charge in [-0.3, -0.25) is 19.2 Å². The normalized spacial score (nSPS) is 21.4. The van der Waals surface area contributed by atoms with Crippen LogP contribution < -0.4 is 10.6 Å². The number of thioether (sulfide) groups is 1. The Bertz CT molecular complexity index is 605. The van der Waals surface area contributed by atoms with Gasteiger partial charge in [0.25, 0.3) is 0 Å². The molecule has 1 heterocycles. The lowest BCUT2D eigenvalue weighted by Crippen LogP contribution is -2.56. The number of amides is 2. The van der Waals surface area contributed by atoms with Crippen molar-refractivity contribution in [3.05, 3.63) is 0 Å². The molecule has 1 saturated heterocycles. The SMILES string of the molecule is CC(=O)C(C)C(=O)SCCNC(=O)CCNC(=O)[C@@H]1OC(C)(C)OCC1(C)C. The quantitative estimate of drug-likeness (QED) is 0.430. The monoisotopic (exact) mass is 416 g/mol. The number of ether oxygens (including phenoxy) is 2. The van der Waals surface area contributed by atoms with Crippen LogP contribution in [0, 0.1) is 11.3 Å². The average Bonchev–Trinajstić information content (AvgIpc) is 2.60. The summed E-state index contributed by atoms with van der Waals surface area (Å²) in [7, 11) is 0. The van der Waals surface area contributed by atoms with Gasteiger partial charge < -0.3 is 20.1 Å². The fourth-order valence-corrected chi connectivity index (χ4v) is 3.26. The summed E-state index contributed by atoms with van der Waals surface area (Å²) < 4.78 is 11.3. The summed E-state index contributed by atoms with van der Waals surface area (Å²) in [5.41, 5.74) is -0.470. The third kappa shape index (κ3) is 7.89. The second-order valence-corrected chi connectivity index (χ2v) is 9.17. The predicted octanol–water partition coefficient (Wildman–Crippen LogP) is 1.27. The number of rotatable bonds is 9. The molecule has 1 unspecified atom stereocenters. The lowest BCUT2D eigenvalue weighted by molar-refractivity contribution is -0.304. The molecule has 0 aliphatic carbocycles. The van der Waals surface area contributed by atoms with E-state index in [4.69, 9.17) is 9.47 Å². The zero-order valence-corrected chi connectivity index (χ0v) is 18.4. The van der Waals surface area contributed by atoms with Crippen molar-refractivity contribution in [2.45, 2.75) is 59.9 Å². The molecule has 2 atom stereocenters. The highest BCUT2D eigenvalue weighted by atomic mass is 32.2. The average molecular weight is 417 g/mol. The maximum absolute atomic E-state index is 12.4. The minimum absolute atomic E-state index is 0.126. The first kappa shape index (κ1) is 24.6. The predicted molar refractivity (Wildman–Crippen MR) is 107 cm³/mol. The van der Waals surface area contributed by atoms with E-state index in [1.807, 2.05) is 13.8 Å². The van der Waals surface area contributed by atoms with Gasteiger partial charge in [-0.15, -0.1) is 0 Å². The maximum Gasteiger partial charge on any atom is 0.249 e. The molecular weight excluding hydrogens is 384 g/mol. The zero-order valence-electron chi connectivity index (χ0n) is 17.5. The van der Waals surface area contributed by atoms with Crippen LogP contribution >= 0.6 is 11.8 Å². The fourth-order valence-electron chi connectivity index (χ4n) is 2.43. The number of hydrogen-bond donors (Lipinski definition) is 2. The largest absolute Gasteiger partial charge is 0.355 e. The fraction of sp³-hybridized carbons (Fsp3) is 0.789. The van der Waals surface area contributed by atoms with E-state index in [-0.39, 0.29) is 35.7 Å². The Balaban J connectivity index is 2.28. The van der Waals surface area contributed by atoms with E-state index in [9.17, 15) is 19.2 Å². The van der Waals surface area contributed by atoms with E-state index < -0.39 is 23.2 Å². The third-order valence-corrected chi connectivity index (χ3v) is 5.47. The Morgan fingerprint density at radius 3 is 2.36 bits per heavy atom. The molecule has 8 nitrogen and oxygen atoms in total. The van der Waals surface area contributed by atoms with Crippen molar-refractivity contribution in [1.82, 2.24) is 10.6 Å². The van der Waals surface area contributed by atoms with Crippen molar-refractivity contribution in [2.24, 2.45) is 11.3 Å². The topological polar surface area (TPSA) is 111 Å². The Labute approximate surface area is 170 Å². The van der Waals surface area contributed by atoms with Crippen LogP contribution in [0.25, 0.3) is 0 Å². The van der Waals surface area contributed by atoms with Gasteiger partial charge in [-0.1, -0.05) is 25.6 Å². The van der Waals surface area contributed by atoms with E-state index in [1.165, 1.54) is 6.92 Å². The Hall–Kier alpha value is -1.45. The van der Waals surface area contributed by atoms with Gasteiger partial charge in [0.1, 0.15) is 11.9 Å². The number of ketones is 1. The van der Waals surface area contributed by atoms with Crippen LogP contribution in [0.1, 0.15) is 48.0 Å². The van der Waals surface area contributed by atoms with Crippen LogP contribution in [0.4, 0.5) is 0 Å². The van der Waals surface area contributed by atoms with E-state index in [0.717, 1.165) is 11.8 Å². The number of nitrogens with one attached hydrogen (secondary N) is 2. The van der Waals surface area contributed by atoms with Crippen LogP contribution in [0.15, 0.2) is 0 Å². The summed E-state index contributed by atoms with van der Waals surface area (Å²) in [5.74, 6) is -1.72. The highest BCUT2D eigenvalue weighted by molar-refractivity contribution is 8.13. The summed E-state index contributed by atoms with van der Waals surface area (Å²) in [6, 6.07) is 0. The van der Waals surface area contributed by atoms with Crippen LogP contribution in [0.3, 0.4) is 0 Å². The first-order chi connectivity index (χ1) is 12.9. The van der Waals surface area contributed by atoms with Crippen LogP contribution in [-0.4, -0.2) is 60.1 Å². The second kappa shape index (κ2) is 10.4. The highest BCUT2D eigenvalue weighted by Gasteiger charge is 2.45. The first-order valence-electron chi connectivity index (χ1n) is 9.39. The van der Waals surface area contributed by atoms with Gasteiger partial charge in [-0.05, 0) is 27.7 Å². The lowest BCUT2D eigenvalue weighted by atomic mass is 9.85. The van der Waals surface area contributed by atoms with Crippen LogP contribution in [0.2, 0.25) is 0 Å². The lowest BCUT2D eigenvalue weighted by Gasteiger charge is -2.44. The maximum atomic E-state index is 12.4. The summed E-state index contributed by atoms with van der Waals surface area (Å²) in [4.78, 5) is 47.1. The Kier molecular flexibility index (Phi) is 9.10. The molecule has 160 valence electrons. The molecule has 0 bridgehead atoms. The molecule has 1 rings (SSSR count). The minimum Gasteiger partial charge on any atom is -0.355 e. The Morgan fingerprint density at radius 1 is 1.11 bits per heavy atom. The van der Waals surface area contributed by atoms with Gasteiger partial charge in [-0.2, -0.15) is 0 Å². The molecule has 28 heavy (non-hydrogen) atoms. The molecule has 1 aliphatic heterocycles. The molecule has 2 amide bonds. The van der Waals surface area contributed by atoms with Gasteiger partial charge in [0.2, 0.25) is 11.8 Å². The van der Waals surface area contributed by atoms with Gasteiger partial charge in [0.05, 0.1) is 12.5 Å². The summed E-state index contributed by atoms with van der Waals surface area (Å²) in [6.45, 7) is 11.2. The van der Waals surface area contributed by atoms with E-state index in [2.05, 4.69) is 10.6 Å². The molecular formula is C19H32N2O6S. The standard InChI is InChI=1S/C19H32N2O6S/c1-12(13(2)22)17(25)28-10-9-20-14(23)7-8-21-16(24)15-18(3,4)11-26-19(5,6)27-15/h12,15H,7-11H2,1-6H3,(H,20,23)(H,21,24)/t12?,15-/m0/s1. The second-order valence-electron chi connectivity index (χ2n) is 8.07. The van der Waals surface area contributed by atoms with Gasteiger partial charge in [0.15, 0.2) is 10.9 Å². The van der Waals surface area contributed by atoms with Crippen molar-refractivity contribution in [2.75, 3.05) is 25.4 Å². The van der Waals surface area contributed by atoms with Crippen molar-refractivity contribution in [1.29, 1.82) is 0 Å². The van der Waals surface area contributed by atoms with Gasteiger partial charge in [0, 0.05) is 30.7 Å². The summed E-state index contributed by atoms with van der Waals surface area (Å²) in [5, 5.41) is 5.23. The van der Waals surface area contributed by atoms with Crippen molar-refractivity contribution in [3.63, 3.8) is 0 Å². The van der Waals surface area contributed by atoms with Crippen molar-refractivity contribution >= 4 is 34.5 Å². The molecule has 2 N–H and O–H groups in total. The molecule has 0 aromatic heterocycles. The van der Waals surface area contributed by atoms with Crippen molar-refractivity contribution < 1.29 is 28.7 Å².